The number of para-hydroxylation sites is 1. The number of nitriles is 1. The second-order valence-electron chi connectivity index (χ2n) is 5.00. The quantitative estimate of drug-likeness (QED) is 0.912. The fraction of sp³-hybridized carbons (Fsp3) is 0.267. The first-order chi connectivity index (χ1) is 10.7. The third-order valence-electron chi connectivity index (χ3n) is 3.74. The van der Waals surface area contributed by atoms with Crippen LogP contribution < -0.4 is 15.5 Å². The molecule has 1 aliphatic rings. The summed E-state index contributed by atoms with van der Waals surface area (Å²) in [5.41, 5.74) is 7.39. The summed E-state index contributed by atoms with van der Waals surface area (Å²) in [6, 6.07) is 9.88. The summed E-state index contributed by atoms with van der Waals surface area (Å²) in [6.45, 7) is 3.10. The highest BCUT2D eigenvalue weighted by Crippen LogP contribution is 2.29. The van der Waals surface area contributed by atoms with E-state index in [-0.39, 0.29) is 0 Å². The molecule has 1 aromatic heterocycles. The Kier molecular flexibility index (Phi) is 3.98. The van der Waals surface area contributed by atoms with Crippen molar-refractivity contribution < 1.29 is 0 Å². The SMILES string of the molecule is N#Cc1ccccc1N1CCN(c2ncnc(N)c2Cl)CC1. The Morgan fingerprint density at radius 1 is 1.09 bits per heavy atom. The van der Waals surface area contributed by atoms with Crippen LogP contribution in [0.2, 0.25) is 5.02 Å². The molecule has 0 bridgehead atoms. The lowest BCUT2D eigenvalue weighted by Crippen LogP contribution is -2.47. The van der Waals surface area contributed by atoms with Crippen molar-refractivity contribution in [1.29, 1.82) is 5.26 Å². The predicted molar refractivity (Wildman–Crippen MR) is 87.0 cm³/mol. The van der Waals surface area contributed by atoms with Crippen LogP contribution >= 0.6 is 11.6 Å². The fourth-order valence-electron chi connectivity index (χ4n) is 2.60. The van der Waals surface area contributed by atoms with Gasteiger partial charge in [0.25, 0.3) is 0 Å². The van der Waals surface area contributed by atoms with E-state index in [4.69, 9.17) is 17.3 Å². The molecule has 6 nitrogen and oxygen atoms in total. The molecular weight excluding hydrogens is 300 g/mol. The molecule has 1 aliphatic heterocycles. The average molecular weight is 315 g/mol. The lowest BCUT2D eigenvalue weighted by atomic mass is 10.1. The number of hydrogen-bond donors (Lipinski definition) is 1. The summed E-state index contributed by atoms with van der Waals surface area (Å²) in [5.74, 6) is 0.964. The first-order valence-electron chi connectivity index (χ1n) is 6.95. The van der Waals surface area contributed by atoms with E-state index in [0.29, 0.717) is 22.2 Å². The van der Waals surface area contributed by atoms with Gasteiger partial charge in [0.1, 0.15) is 23.2 Å². The van der Waals surface area contributed by atoms with Crippen molar-refractivity contribution in [2.75, 3.05) is 41.7 Å². The number of nitrogens with two attached hydrogens (primary N) is 1. The number of rotatable bonds is 2. The number of nitrogens with zero attached hydrogens (tertiary/aromatic N) is 5. The summed E-state index contributed by atoms with van der Waals surface area (Å²) in [7, 11) is 0. The summed E-state index contributed by atoms with van der Waals surface area (Å²) in [6.07, 6.45) is 1.42. The van der Waals surface area contributed by atoms with E-state index in [9.17, 15) is 5.26 Å². The molecule has 0 saturated carbocycles. The number of aromatic nitrogens is 2. The van der Waals surface area contributed by atoms with Crippen LogP contribution in [-0.2, 0) is 0 Å². The zero-order valence-corrected chi connectivity index (χ0v) is 12.7. The van der Waals surface area contributed by atoms with Gasteiger partial charge in [0.15, 0.2) is 5.82 Å². The highest BCUT2D eigenvalue weighted by Gasteiger charge is 2.22. The number of hydrogen-bond acceptors (Lipinski definition) is 6. The van der Waals surface area contributed by atoms with E-state index < -0.39 is 0 Å². The van der Waals surface area contributed by atoms with Gasteiger partial charge in [-0.05, 0) is 12.1 Å². The van der Waals surface area contributed by atoms with E-state index in [2.05, 4.69) is 25.8 Å². The van der Waals surface area contributed by atoms with Gasteiger partial charge < -0.3 is 15.5 Å². The summed E-state index contributed by atoms with van der Waals surface area (Å²) < 4.78 is 0. The molecule has 22 heavy (non-hydrogen) atoms. The minimum atomic E-state index is 0.295. The van der Waals surface area contributed by atoms with Gasteiger partial charge in [0.05, 0.1) is 11.3 Å². The van der Waals surface area contributed by atoms with Crippen molar-refractivity contribution in [3.63, 3.8) is 0 Å². The zero-order chi connectivity index (χ0) is 15.5. The number of halogens is 1. The Morgan fingerprint density at radius 3 is 2.50 bits per heavy atom. The van der Waals surface area contributed by atoms with Gasteiger partial charge in [-0.2, -0.15) is 5.26 Å². The van der Waals surface area contributed by atoms with E-state index in [1.165, 1.54) is 6.33 Å². The Bertz CT molecular complexity index is 718. The van der Waals surface area contributed by atoms with Crippen LogP contribution in [0.15, 0.2) is 30.6 Å². The van der Waals surface area contributed by atoms with Crippen LogP contribution in [-0.4, -0.2) is 36.1 Å². The fourth-order valence-corrected chi connectivity index (χ4v) is 2.81. The molecule has 3 rings (SSSR count). The topological polar surface area (TPSA) is 82.1 Å². The third kappa shape index (κ3) is 2.63. The van der Waals surface area contributed by atoms with Crippen molar-refractivity contribution in [3.8, 4) is 6.07 Å². The summed E-state index contributed by atoms with van der Waals surface area (Å²) in [5, 5.41) is 9.61. The van der Waals surface area contributed by atoms with E-state index >= 15 is 0 Å². The Balaban J connectivity index is 1.76. The van der Waals surface area contributed by atoms with E-state index in [1.807, 2.05) is 24.3 Å². The van der Waals surface area contributed by atoms with Gasteiger partial charge in [-0.3, -0.25) is 0 Å². The predicted octanol–water partition coefficient (Wildman–Crippen LogP) is 1.91. The van der Waals surface area contributed by atoms with Crippen molar-refractivity contribution in [1.82, 2.24) is 9.97 Å². The van der Waals surface area contributed by atoms with Crippen molar-refractivity contribution in [3.05, 3.63) is 41.2 Å². The first-order valence-corrected chi connectivity index (χ1v) is 7.33. The third-order valence-corrected chi connectivity index (χ3v) is 4.11. The van der Waals surface area contributed by atoms with Crippen LogP contribution in [0, 0.1) is 11.3 Å². The smallest absolute Gasteiger partial charge is 0.153 e. The lowest BCUT2D eigenvalue weighted by Gasteiger charge is -2.37. The minimum absolute atomic E-state index is 0.295. The van der Waals surface area contributed by atoms with Gasteiger partial charge in [0.2, 0.25) is 0 Å². The van der Waals surface area contributed by atoms with Crippen LogP contribution in [0.1, 0.15) is 5.56 Å². The summed E-state index contributed by atoms with van der Waals surface area (Å²) >= 11 is 6.18. The van der Waals surface area contributed by atoms with E-state index in [0.717, 1.165) is 31.9 Å². The molecule has 0 spiro atoms. The molecular formula is C15H15ClN6. The molecule has 2 heterocycles. The minimum Gasteiger partial charge on any atom is -0.382 e. The maximum atomic E-state index is 9.21. The highest BCUT2D eigenvalue weighted by atomic mass is 35.5. The molecule has 1 saturated heterocycles. The number of anilines is 3. The molecule has 0 unspecified atom stereocenters. The second kappa shape index (κ2) is 6.08. The van der Waals surface area contributed by atoms with Crippen molar-refractivity contribution >= 4 is 28.9 Å². The maximum Gasteiger partial charge on any atom is 0.153 e. The van der Waals surface area contributed by atoms with Crippen LogP contribution in [0.4, 0.5) is 17.3 Å². The van der Waals surface area contributed by atoms with Gasteiger partial charge >= 0.3 is 0 Å². The van der Waals surface area contributed by atoms with Gasteiger partial charge in [-0.1, -0.05) is 23.7 Å². The monoisotopic (exact) mass is 314 g/mol. The molecule has 112 valence electrons. The lowest BCUT2D eigenvalue weighted by molar-refractivity contribution is 0.646. The molecule has 2 N–H and O–H groups in total. The molecule has 7 heteroatoms. The number of benzene rings is 1. The normalized spacial score (nSPS) is 14.7. The van der Waals surface area contributed by atoms with Gasteiger partial charge in [-0.25, -0.2) is 9.97 Å². The largest absolute Gasteiger partial charge is 0.382 e. The molecule has 0 aliphatic carbocycles. The standard InChI is InChI=1S/C15H15ClN6/c16-13-14(18)19-10-20-15(13)22-7-5-21(6-8-22)12-4-2-1-3-11(12)9-17/h1-4,10H,5-8H2,(H2,18,19,20). The van der Waals surface area contributed by atoms with Crippen molar-refractivity contribution in [2.45, 2.75) is 0 Å². The van der Waals surface area contributed by atoms with Gasteiger partial charge in [-0.15, -0.1) is 0 Å². The van der Waals surface area contributed by atoms with Crippen LogP contribution in [0.25, 0.3) is 0 Å². The number of piperazine rings is 1. The number of nitrogen functional groups attached to an aromatic ring is 1. The maximum absolute atomic E-state index is 9.21. The molecule has 0 amide bonds. The second-order valence-corrected chi connectivity index (χ2v) is 5.38. The van der Waals surface area contributed by atoms with Crippen LogP contribution in [0.5, 0.6) is 0 Å². The first kappa shape index (κ1) is 14.4. The highest BCUT2D eigenvalue weighted by molar-refractivity contribution is 6.35. The molecule has 2 aromatic rings. The zero-order valence-electron chi connectivity index (χ0n) is 11.9. The molecule has 1 fully saturated rings. The molecule has 0 atom stereocenters. The Hall–Kier alpha value is -2.52. The Morgan fingerprint density at radius 2 is 1.77 bits per heavy atom. The van der Waals surface area contributed by atoms with E-state index in [1.54, 1.807) is 0 Å². The Labute approximate surface area is 133 Å². The average Bonchev–Trinajstić information content (AvgIpc) is 2.57. The van der Waals surface area contributed by atoms with Crippen molar-refractivity contribution in [2.24, 2.45) is 0 Å². The molecule has 1 aromatic carbocycles. The summed E-state index contributed by atoms with van der Waals surface area (Å²) in [4.78, 5) is 12.4. The molecule has 0 radical (unpaired) electrons. The van der Waals surface area contributed by atoms with Crippen LogP contribution in [0.3, 0.4) is 0 Å². The van der Waals surface area contributed by atoms with Gasteiger partial charge in [0, 0.05) is 26.2 Å².